The molecular weight excluding hydrogens is 473 g/mol. The highest BCUT2D eigenvalue weighted by molar-refractivity contribution is 7.10. The minimum atomic E-state index is -0.262. The Bertz CT molecular complexity index is 1120. The second kappa shape index (κ2) is 12.0. The molecule has 1 aromatic carbocycles. The van der Waals surface area contributed by atoms with Gasteiger partial charge in [0.1, 0.15) is 11.6 Å². The first-order valence-corrected chi connectivity index (χ1v) is 13.9. The number of thiophene rings is 1. The number of aryl methyl sites for hydroxylation is 1. The smallest absolute Gasteiger partial charge is 0.228 e. The van der Waals surface area contributed by atoms with E-state index in [0.717, 1.165) is 66.7 Å². The molecule has 0 spiro atoms. The van der Waals surface area contributed by atoms with E-state index in [2.05, 4.69) is 37.5 Å². The maximum absolute atomic E-state index is 13.7. The Morgan fingerprint density at radius 2 is 1.83 bits per heavy atom. The fraction of sp³-hybridized carbons (Fsp3) is 0.500. The second-order valence-electron chi connectivity index (χ2n) is 9.68. The van der Waals surface area contributed by atoms with E-state index in [1.807, 2.05) is 27.1 Å². The Morgan fingerprint density at radius 3 is 2.42 bits per heavy atom. The molecule has 0 bridgehead atoms. The molecule has 0 atom stereocenters. The molecule has 3 aromatic rings. The summed E-state index contributed by atoms with van der Waals surface area (Å²) in [5.41, 5.74) is 2.93. The van der Waals surface area contributed by atoms with Gasteiger partial charge in [0.05, 0.1) is 24.3 Å². The lowest BCUT2D eigenvalue weighted by atomic mass is 10.1. The van der Waals surface area contributed by atoms with Gasteiger partial charge in [0.15, 0.2) is 0 Å². The van der Waals surface area contributed by atoms with Crippen LogP contribution in [0.25, 0.3) is 5.69 Å². The summed E-state index contributed by atoms with van der Waals surface area (Å²) >= 11 is 1.62. The molecule has 0 saturated carbocycles. The molecule has 1 saturated heterocycles. The second-order valence-corrected chi connectivity index (χ2v) is 10.7. The zero-order valence-corrected chi connectivity index (χ0v) is 22.7. The number of hydrogen-bond donors (Lipinski definition) is 0. The molecule has 0 N–H and O–H groups in total. The zero-order chi connectivity index (χ0) is 25.7. The van der Waals surface area contributed by atoms with Gasteiger partial charge in [-0.3, -0.25) is 9.69 Å². The fourth-order valence-electron chi connectivity index (χ4n) is 4.90. The normalized spacial score (nSPS) is 14.6. The van der Waals surface area contributed by atoms with Gasteiger partial charge in [-0.25, -0.2) is 9.07 Å². The number of amides is 1. The van der Waals surface area contributed by atoms with E-state index in [4.69, 9.17) is 5.10 Å². The van der Waals surface area contributed by atoms with Gasteiger partial charge >= 0.3 is 0 Å². The van der Waals surface area contributed by atoms with Crippen molar-refractivity contribution in [2.75, 3.05) is 37.6 Å². The van der Waals surface area contributed by atoms with E-state index in [1.54, 1.807) is 23.5 Å². The number of piperazine rings is 1. The summed E-state index contributed by atoms with van der Waals surface area (Å²) in [6.45, 7) is 13.7. The number of carbonyl (C=O) groups is 1. The lowest BCUT2D eigenvalue weighted by Gasteiger charge is -2.38. The molecule has 0 unspecified atom stereocenters. The van der Waals surface area contributed by atoms with Crippen molar-refractivity contribution in [1.29, 1.82) is 0 Å². The Balaban J connectivity index is 1.71. The number of carbonyl (C=O) groups excluding carboxylic acids is 1. The third-order valence-electron chi connectivity index (χ3n) is 6.89. The first-order valence-electron chi connectivity index (χ1n) is 13.1. The number of rotatable bonds is 10. The Hall–Kier alpha value is -2.71. The van der Waals surface area contributed by atoms with Crippen LogP contribution in [0, 0.1) is 5.82 Å². The van der Waals surface area contributed by atoms with Crippen LogP contribution in [0.4, 0.5) is 10.2 Å². The highest BCUT2D eigenvalue weighted by Crippen LogP contribution is 2.31. The molecule has 36 heavy (non-hydrogen) atoms. The molecule has 6 nitrogen and oxygen atoms in total. The SMILES string of the molecule is CCCN(Cc1c(CC)nn(-c2ccc(F)cc2)c1N1CCN(C(C)C)CC1)C(=O)Cc1cccs1. The van der Waals surface area contributed by atoms with Gasteiger partial charge in [0.25, 0.3) is 0 Å². The van der Waals surface area contributed by atoms with Gasteiger partial charge in [0, 0.05) is 49.2 Å². The van der Waals surface area contributed by atoms with Crippen molar-refractivity contribution >= 4 is 23.1 Å². The monoisotopic (exact) mass is 511 g/mol. The summed E-state index contributed by atoms with van der Waals surface area (Å²) in [6, 6.07) is 11.1. The van der Waals surface area contributed by atoms with Crippen molar-refractivity contribution in [3.8, 4) is 5.69 Å². The molecule has 8 heteroatoms. The van der Waals surface area contributed by atoms with Crippen LogP contribution in [0.15, 0.2) is 41.8 Å². The molecule has 1 aliphatic heterocycles. The van der Waals surface area contributed by atoms with E-state index >= 15 is 0 Å². The van der Waals surface area contributed by atoms with E-state index in [1.165, 1.54) is 12.1 Å². The molecule has 4 rings (SSSR count). The van der Waals surface area contributed by atoms with Gasteiger partial charge in [-0.2, -0.15) is 5.10 Å². The molecule has 3 heterocycles. The average molecular weight is 512 g/mol. The quantitative estimate of drug-likeness (QED) is 0.378. The van der Waals surface area contributed by atoms with Crippen LogP contribution in [0.5, 0.6) is 0 Å². The number of anilines is 1. The van der Waals surface area contributed by atoms with Gasteiger partial charge in [-0.15, -0.1) is 11.3 Å². The van der Waals surface area contributed by atoms with Gasteiger partial charge in [-0.1, -0.05) is 19.9 Å². The standard InChI is InChI=1S/C28H38FN5OS/c1-5-13-33(27(35)19-24-8-7-18-36-24)20-25-26(6-2)30-34(23-11-9-22(29)10-12-23)28(25)32-16-14-31(15-17-32)21(3)4/h7-12,18,21H,5-6,13-17,19-20H2,1-4H3. The van der Waals surface area contributed by atoms with Gasteiger partial charge in [-0.05, 0) is 62.4 Å². The van der Waals surface area contributed by atoms with Crippen LogP contribution in [0.2, 0.25) is 0 Å². The number of aromatic nitrogens is 2. The third-order valence-corrected chi connectivity index (χ3v) is 7.77. The fourth-order valence-corrected chi connectivity index (χ4v) is 5.59. The molecule has 2 aromatic heterocycles. The molecule has 0 radical (unpaired) electrons. The lowest BCUT2D eigenvalue weighted by molar-refractivity contribution is -0.131. The highest BCUT2D eigenvalue weighted by atomic mass is 32.1. The van der Waals surface area contributed by atoms with Crippen molar-refractivity contribution < 1.29 is 9.18 Å². The summed E-state index contributed by atoms with van der Waals surface area (Å²) in [6.07, 6.45) is 2.08. The number of benzene rings is 1. The summed E-state index contributed by atoms with van der Waals surface area (Å²) in [4.78, 5) is 21.3. The van der Waals surface area contributed by atoms with Crippen LogP contribution in [0.3, 0.4) is 0 Å². The summed E-state index contributed by atoms with van der Waals surface area (Å²) in [5.74, 6) is 0.917. The Labute approximate surface area is 218 Å². The minimum Gasteiger partial charge on any atom is -0.354 e. The Kier molecular flexibility index (Phi) is 8.80. The van der Waals surface area contributed by atoms with Crippen molar-refractivity contribution in [3.63, 3.8) is 0 Å². The molecular formula is C28H38FN5OS. The van der Waals surface area contributed by atoms with E-state index in [0.29, 0.717) is 25.6 Å². The largest absolute Gasteiger partial charge is 0.354 e. The lowest BCUT2D eigenvalue weighted by Crippen LogP contribution is -2.49. The predicted octanol–water partition coefficient (Wildman–Crippen LogP) is 5.15. The summed E-state index contributed by atoms with van der Waals surface area (Å²) < 4.78 is 15.7. The first-order chi connectivity index (χ1) is 17.4. The van der Waals surface area contributed by atoms with E-state index in [-0.39, 0.29) is 11.7 Å². The van der Waals surface area contributed by atoms with Crippen LogP contribution in [-0.2, 0) is 24.2 Å². The predicted molar refractivity (Wildman–Crippen MR) is 146 cm³/mol. The van der Waals surface area contributed by atoms with Gasteiger partial charge < -0.3 is 9.80 Å². The number of nitrogens with zero attached hydrogens (tertiary/aromatic N) is 5. The third kappa shape index (κ3) is 5.98. The number of hydrogen-bond acceptors (Lipinski definition) is 5. The Morgan fingerprint density at radius 1 is 1.11 bits per heavy atom. The van der Waals surface area contributed by atoms with Crippen molar-refractivity contribution in [2.24, 2.45) is 0 Å². The van der Waals surface area contributed by atoms with E-state index < -0.39 is 0 Å². The number of halogens is 1. The van der Waals surface area contributed by atoms with E-state index in [9.17, 15) is 9.18 Å². The maximum Gasteiger partial charge on any atom is 0.228 e. The van der Waals surface area contributed by atoms with Crippen molar-refractivity contribution in [3.05, 3.63) is 63.7 Å². The minimum absolute atomic E-state index is 0.145. The highest BCUT2D eigenvalue weighted by Gasteiger charge is 2.29. The maximum atomic E-state index is 13.7. The van der Waals surface area contributed by atoms with Crippen LogP contribution < -0.4 is 4.90 Å². The molecule has 1 fully saturated rings. The summed E-state index contributed by atoms with van der Waals surface area (Å²) in [7, 11) is 0. The van der Waals surface area contributed by atoms with Crippen LogP contribution in [0.1, 0.15) is 50.3 Å². The first kappa shape index (κ1) is 26.4. The van der Waals surface area contributed by atoms with Gasteiger partial charge in [0.2, 0.25) is 5.91 Å². The van der Waals surface area contributed by atoms with Crippen molar-refractivity contribution in [1.82, 2.24) is 19.6 Å². The summed E-state index contributed by atoms with van der Waals surface area (Å²) in [5, 5.41) is 7.03. The van der Waals surface area contributed by atoms with Crippen LogP contribution in [-0.4, -0.2) is 64.3 Å². The molecule has 1 amide bonds. The topological polar surface area (TPSA) is 44.6 Å². The van der Waals surface area contributed by atoms with Crippen LogP contribution >= 0.6 is 11.3 Å². The average Bonchev–Trinajstić information content (AvgIpc) is 3.52. The molecule has 0 aliphatic carbocycles. The van der Waals surface area contributed by atoms with Crippen molar-refractivity contribution in [2.45, 2.75) is 59.5 Å². The molecule has 194 valence electrons. The molecule has 1 aliphatic rings. The zero-order valence-electron chi connectivity index (χ0n) is 21.9.